The fraction of sp³-hybridized carbons (Fsp3) is 0.238. The maximum Gasteiger partial charge on any atom is 0.254 e. The summed E-state index contributed by atoms with van der Waals surface area (Å²) in [4.78, 5) is 24.7. The highest BCUT2D eigenvalue weighted by Gasteiger charge is 2.21. The van der Waals surface area contributed by atoms with E-state index in [1.807, 2.05) is 6.92 Å². The smallest absolute Gasteiger partial charge is 0.254 e. The number of rotatable bonds is 8. The van der Waals surface area contributed by atoms with Crippen LogP contribution < -0.4 is 10.6 Å². The molecule has 1 atom stereocenters. The lowest BCUT2D eigenvalue weighted by Crippen LogP contribution is -2.29. The third-order valence-corrected chi connectivity index (χ3v) is 6.26. The van der Waals surface area contributed by atoms with Crippen molar-refractivity contribution in [2.45, 2.75) is 31.6 Å². The van der Waals surface area contributed by atoms with E-state index in [1.165, 1.54) is 30.0 Å². The zero-order valence-electron chi connectivity index (χ0n) is 17.2. The Morgan fingerprint density at radius 1 is 1.16 bits per heavy atom. The highest BCUT2D eigenvalue weighted by atomic mass is 35.5. The quantitative estimate of drug-likeness (QED) is 0.430. The lowest BCUT2D eigenvalue weighted by Gasteiger charge is -2.15. The first-order valence-corrected chi connectivity index (χ1v) is 11.4. The molecule has 0 fully saturated rings. The molecular weight excluding hydrogens is 476 g/mol. The molecule has 168 valence electrons. The molecule has 11 heteroatoms. The van der Waals surface area contributed by atoms with Gasteiger partial charge in [0.15, 0.2) is 11.0 Å². The van der Waals surface area contributed by atoms with Crippen molar-refractivity contribution in [1.29, 1.82) is 0 Å². The van der Waals surface area contributed by atoms with Crippen molar-refractivity contribution in [2.75, 3.05) is 11.1 Å². The molecule has 32 heavy (non-hydrogen) atoms. The van der Waals surface area contributed by atoms with Gasteiger partial charge in [-0.1, -0.05) is 53.2 Å². The van der Waals surface area contributed by atoms with Gasteiger partial charge in [0.1, 0.15) is 5.82 Å². The van der Waals surface area contributed by atoms with Crippen LogP contribution in [0.1, 0.15) is 36.1 Å². The fourth-order valence-electron chi connectivity index (χ4n) is 2.93. The molecule has 2 aromatic carbocycles. The van der Waals surface area contributed by atoms with Gasteiger partial charge in [-0.25, -0.2) is 4.39 Å². The normalized spacial score (nSPS) is 11.8. The summed E-state index contributed by atoms with van der Waals surface area (Å²) in [7, 11) is 0. The molecule has 0 saturated heterocycles. The Hall–Kier alpha value is -2.62. The zero-order chi connectivity index (χ0) is 23.3. The fourth-order valence-corrected chi connectivity index (χ4v) is 4.08. The van der Waals surface area contributed by atoms with Crippen LogP contribution >= 0.6 is 35.0 Å². The van der Waals surface area contributed by atoms with Gasteiger partial charge >= 0.3 is 0 Å². The number of aromatic nitrogens is 3. The molecule has 7 nitrogen and oxygen atoms in total. The molecule has 0 spiro atoms. The standard InChI is InChI=1S/C21H20Cl2FN5O2S/c1-3-29-19(12(2)25-20(31)13-7-4-5-9-15(13)24)27-28-21(29)32-11-17(30)26-16-10-6-8-14(22)18(16)23/h4-10,12H,3,11H2,1-2H3,(H,25,31)(H,26,30)/t12-/m0/s1. The number of hydrogen-bond donors (Lipinski definition) is 2. The first kappa shape index (κ1) is 24.0. The van der Waals surface area contributed by atoms with Crippen molar-refractivity contribution in [3.05, 3.63) is 69.7 Å². The number of nitrogens with one attached hydrogen (secondary N) is 2. The molecular formula is C21H20Cl2FN5O2S. The molecule has 2 amide bonds. The average molecular weight is 496 g/mol. The van der Waals surface area contributed by atoms with E-state index < -0.39 is 17.8 Å². The monoisotopic (exact) mass is 495 g/mol. The minimum atomic E-state index is -0.601. The highest BCUT2D eigenvalue weighted by Crippen LogP contribution is 2.30. The second-order valence-electron chi connectivity index (χ2n) is 6.70. The van der Waals surface area contributed by atoms with Crippen LogP contribution in [-0.2, 0) is 11.3 Å². The number of thioether (sulfide) groups is 1. The van der Waals surface area contributed by atoms with Gasteiger partial charge in [-0.15, -0.1) is 10.2 Å². The highest BCUT2D eigenvalue weighted by molar-refractivity contribution is 7.99. The summed E-state index contributed by atoms with van der Waals surface area (Å²) in [5, 5.41) is 14.9. The molecule has 0 unspecified atom stereocenters. The summed E-state index contributed by atoms with van der Waals surface area (Å²) in [6.07, 6.45) is 0. The van der Waals surface area contributed by atoms with Crippen molar-refractivity contribution in [1.82, 2.24) is 20.1 Å². The molecule has 0 bridgehead atoms. The third-order valence-electron chi connectivity index (χ3n) is 4.47. The van der Waals surface area contributed by atoms with Crippen molar-refractivity contribution in [3.63, 3.8) is 0 Å². The van der Waals surface area contributed by atoms with Crippen LogP contribution in [0.25, 0.3) is 0 Å². The van der Waals surface area contributed by atoms with Gasteiger partial charge in [0.2, 0.25) is 5.91 Å². The molecule has 2 N–H and O–H groups in total. The van der Waals surface area contributed by atoms with E-state index in [-0.39, 0.29) is 22.2 Å². The summed E-state index contributed by atoms with van der Waals surface area (Å²) in [5.41, 5.74) is 0.375. The topological polar surface area (TPSA) is 88.9 Å². The van der Waals surface area contributed by atoms with E-state index in [4.69, 9.17) is 23.2 Å². The Morgan fingerprint density at radius 3 is 2.62 bits per heavy atom. The molecule has 3 aromatic rings. The molecule has 3 rings (SSSR count). The van der Waals surface area contributed by atoms with Gasteiger partial charge in [-0.2, -0.15) is 0 Å². The zero-order valence-corrected chi connectivity index (χ0v) is 19.6. The summed E-state index contributed by atoms with van der Waals surface area (Å²) >= 11 is 13.3. The number of amides is 2. The second kappa shape index (κ2) is 10.8. The number of benzene rings is 2. The Balaban J connectivity index is 1.65. The van der Waals surface area contributed by atoms with E-state index in [0.29, 0.717) is 28.2 Å². The van der Waals surface area contributed by atoms with E-state index in [2.05, 4.69) is 20.8 Å². The molecule has 0 saturated carbocycles. The molecule has 1 heterocycles. The van der Waals surface area contributed by atoms with Crippen molar-refractivity contribution < 1.29 is 14.0 Å². The maximum atomic E-state index is 13.9. The number of carbonyl (C=O) groups is 2. The molecule has 0 aliphatic heterocycles. The van der Waals surface area contributed by atoms with Crippen LogP contribution in [0.2, 0.25) is 10.0 Å². The van der Waals surface area contributed by atoms with E-state index in [9.17, 15) is 14.0 Å². The average Bonchev–Trinajstić information content (AvgIpc) is 3.19. The van der Waals surface area contributed by atoms with Crippen LogP contribution in [-0.4, -0.2) is 32.3 Å². The van der Waals surface area contributed by atoms with Crippen LogP contribution in [0.3, 0.4) is 0 Å². The number of carbonyl (C=O) groups excluding carboxylic acids is 2. The van der Waals surface area contributed by atoms with Crippen molar-refractivity contribution in [2.24, 2.45) is 0 Å². The van der Waals surface area contributed by atoms with Crippen LogP contribution in [0.4, 0.5) is 10.1 Å². The minimum absolute atomic E-state index is 0.0483. The molecule has 1 aromatic heterocycles. The van der Waals surface area contributed by atoms with Crippen LogP contribution in [0, 0.1) is 5.82 Å². The third kappa shape index (κ3) is 5.59. The van der Waals surface area contributed by atoms with E-state index in [1.54, 1.807) is 35.8 Å². The minimum Gasteiger partial charge on any atom is -0.342 e. The predicted molar refractivity (Wildman–Crippen MR) is 124 cm³/mol. The predicted octanol–water partition coefficient (Wildman–Crippen LogP) is 4.97. The number of anilines is 1. The first-order valence-electron chi connectivity index (χ1n) is 9.67. The van der Waals surface area contributed by atoms with Gasteiger partial charge in [0, 0.05) is 6.54 Å². The van der Waals surface area contributed by atoms with Gasteiger partial charge in [0.05, 0.1) is 33.1 Å². The Kier molecular flexibility index (Phi) is 8.11. The largest absolute Gasteiger partial charge is 0.342 e. The Morgan fingerprint density at radius 2 is 1.91 bits per heavy atom. The van der Waals surface area contributed by atoms with Gasteiger partial charge in [-0.3, -0.25) is 9.59 Å². The second-order valence-corrected chi connectivity index (χ2v) is 8.43. The van der Waals surface area contributed by atoms with Gasteiger partial charge in [-0.05, 0) is 38.1 Å². The first-order chi connectivity index (χ1) is 15.3. The molecule has 0 radical (unpaired) electrons. The van der Waals surface area contributed by atoms with Crippen molar-refractivity contribution >= 4 is 52.5 Å². The lowest BCUT2D eigenvalue weighted by molar-refractivity contribution is -0.113. The lowest BCUT2D eigenvalue weighted by atomic mass is 10.2. The van der Waals surface area contributed by atoms with Crippen LogP contribution in [0.5, 0.6) is 0 Å². The van der Waals surface area contributed by atoms with Gasteiger partial charge < -0.3 is 15.2 Å². The molecule has 0 aliphatic rings. The Bertz CT molecular complexity index is 1140. The maximum absolute atomic E-state index is 13.9. The SMILES string of the molecule is CCn1c(SCC(=O)Nc2cccc(Cl)c2Cl)nnc1[C@H](C)NC(=O)c1ccccc1F. The number of nitrogens with zero attached hydrogens (tertiary/aromatic N) is 3. The van der Waals surface area contributed by atoms with Crippen molar-refractivity contribution in [3.8, 4) is 0 Å². The van der Waals surface area contributed by atoms with Crippen LogP contribution in [0.15, 0.2) is 47.6 Å². The van der Waals surface area contributed by atoms with E-state index in [0.717, 1.165) is 0 Å². The summed E-state index contributed by atoms with van der Waals surface area (Å²) in [6, 6.07) is 10.2. The number of halogens is 3. The summed E-state index contributed by atoms with van der Waals surface area (Å²) in [5.74, 6) is -0.869. The summed E-state index contributed by atoms with van der Waals surface area (Å²) in [6.45, 7) is 4.15. The van der Waals surface area contributed by atoms with Gasteiger partial charge in [0.25, 0.3) is 5.91 Å². The van der Waals surface area contributed by atoms with E-state index >= 15 is 0 Å². The number of hydrogen-bond acceptors (Lipinski definition) is 5. The molecule has 0 aliphatic carbocycles. The summed E-state index contributed by atoms with van der Waals surface area (Å²) < 4.78 is 15.7. The Labute approximate surface area is 198 Å².